The maximum Gasteiger partial charge on any atom is 0.256 e. The molecule has 1 heterocycles. The van der Waals surface area contributed by atoms with Crippen LogP contribution >= 0.6 is 0 Å². The molecule has 3 amide bonds. The number of imide groups is 1. The molecule has 1 saturated heterocycles. The Morgan fingerprint density at radius 1 is 1.19 bits per heavy atom. The van der Waals surface area contributed by atoms with E-state index >= 15 is 0 Å². The molecule has 1 aliphatic heterocycles. The molecule has 1 atom stereocenters. The van der Waals surface area contributed by atoms with Gasteiger partial charge in [0.15, 0.2) is 0 Å². The summed E-state index contributed by atoms with van der Waals surface area (Å²) in [5.74, 6) is -0.271. The molecule has 27 heavy (non-hydrogen) atoms. The molecular weight excluding hydrogens is 346 g/mol. The molecule has 2 aromatic carbocycles. The first-order valence-corrected chi connectivity index (χ1v) is 8.55. The lowest BCUT2D eigenvalue weighted by molar-refractivity contribution is -0.121. The van der Waals surface area contributed by atoms with Gasteiger partial charge in [-0.1, -0.05) is 18.2 Å². The van der Waals surface area contributed by atoms with Gasteiger partial charge in [-0.2, -0.15) is 0 Å². The Balaban J connectivity index is 1.86. The first-order chi connectivity index (χ1) is 12.9. The highest BCUT2D eigenvalue weighted by molar-refractivity contribution is 6.23. The minimum atomic E-state index is -0.710. The summed E-state index contributed by atoms with van der Waals surface area (Å²) in [4.78, 5) is 37.9. The Labute approximate surface area is 157 Å². The van der Waals surface area contributed by atoms with Gasteiger partial charge in [-0.3, -0.25) is 14.4 Å². The highest BCUT2D eigenvalue weighted by Gasteiger charge is 2.40. The number of methoxy groups -OCH3 is 1. The number of aryl methyl sites for hydroxylation is 1. The van der Waals surface area contributed by atoms with Gasteiger partial charge in [-0.15, -0.1) is 0 Å². The third-order valence-corrected chi connectivity index (χ3v) is 4.35. The van der Waals surface area contributed by atoms with Crippen LogP contribution in [-0.4, -0.2) is 30.9 Å². The van der Waals surface area contributed by atoms with E-state index in [2.05, 4.69) is 10.6 Å². The molecule has 0 spiro atoms. The molecule has 1 fully saturated rings. The van der Waals surface area contributed by atoms with E-state index in [0.717, 1.165) is 5.56 Å². The van der Waals surface area contributed by atoms with Gasteiger partial charge in [-0.05, 0) is 36.8 Å². The predicted molar refractivity (Wildman–Crippen MR) is 103 cm³/mol. The standard InChI is InChI=1S/C20H21N3O4/c1-12-6-4-5-7-17(12)23-19(25)11-16(20(23)26)22-15-10-14(21-13(2)24)8-9-18(15)27-3/h4-10,16,22H,11H2,1-3H3,(H,21,24)/t16-/m0/s1. The van der Waals surface area contributed by atoms with Gasteiger partial charge >= 0.3 is 0 Å². The fourth-order valence-electron chi connectivity index (χ4n) is 3.10. The molecule has 0 unspecified atom stereocenters. The minimum absolute atomic E-state index is 0.0423. The molecule has 2 aromatic rings. The van der Waals surface area contributed by atoms with Crippen LogP contribution in [0.15, 0.2) is 42.5 Å². The molecule has 140 valence electrons. The SMILES string of the molecule is COc1ccc(NC(C)=O)cc1N[C@H]1CC(=O)N(c2ccccc2C)C1=O. The number of amides is 3. The maximum absolute atomic E-state index is 12.9. The summed E-state index contributed by atoms with van der Waals surface area (Å²) < 4.78 is 5.32. The summed E-state index contributed by atoms with van der Waals surface area (Å²) in [5, 5.41) is 5.77. The Morgan fingerprint density at radius 2 is 1.93 bits per heavy atom. The van der Waals surface area contributed by atoms with Gasteiger partial charge in [0.05, 0.1) is 24.9 Å². The number of para-hydroxylation sites is 1. The highest BCUT2D eigenvalue weighted by atomic mass is 16.5. The number of benzene rings is 2. The normalized spacial score (nSPS) is 16.4. The van der Waals surface area contributed by atoms with E-state index in [0.29, 0.717) is 22.8 Å². The van der Waals surface area contributed by atoms with Crippen molar-refractivity contribution in [3.8, 4) is 5.75 Å². The smallest absolute Gasteiger partial charge is 0.256 e. The Morgan fingerprint density at radius 3 is 2.59 bits per heavy atom. The van der Waals surface area contributed by atoms with Crippen molar-refractivity contribution in [1.29, 1.82) is 0 Å². The van der Waals surface area contributed by atoms with Gasteiger partial charge < -0.3 is 15.4 Å². The van der Waals surface area contributed by atoms with Gasteiger partial charge in [-0.25, -0.2) is 4.90 Å². The zero-order chi connectivity index (χ0) is 19.6. The average molecular weight is 367 g/mol. The molecule has 0 aromatic heterocycles. The fourth-order valence-corrected chi connectivity index (χ4v) is 3.10. The molecule has 1 aliphatic rings. The molecule has 7 heteroatoms. The molecule has 2 N–H and O–H groups in total. The second kappa shape index (κ2) is 7.49. The topological polar surface area (TPSA) is 87.7 Å². The molecule has 7 nitrogen and oxygen atoms in total. The van der Waals surface area contributed by atoms with Crippen LogP contribution in [0, 0.1) is 6.92 Å². The van der Waals surface area contributed by atoms with E-state index in [1.165, 1.54) is 18.9 Å². The van der Waals surface area contributed by atoms with Crippen molar-refractivity contribution in [2.75, 3.05) is 22.6 Å². The summed E-state index contributed by atoms with van der Waals surface area (Å²) in [6.07, 6.45) is 0.0423. The number of anilines is 3. The summed E-state index contributed by atoms with van der Waals surface area (Å²) in [6.45, 7) is 3.27. The maximum atomic E-state index is 12.9. The highest BCUT2D eigenvalue weighted by Crippen LogP contribution is 2.32. The quantitative estimate of drug-likeness (QED) is 0.794. The van der Waals surface area contributed by atoms with Gasteiger partial charge in [0.2, 0.25) is 11.8 Å². The van der Waals surface area contributed by atoms with E-state index in [-0.39, 0.29) is 24.1 Å². The van der Waals surface area contributed by atoms with E-state index in [4.69, 9.17) is 4.74 Å². The third kappa shape index (κ3) is 3.76. The number of carbonyl (C=O) groups is 3. The predicted octanol–water partition coefficient (Wildman–Crippen LogP) is 2.71. The summed E-state index contributed by atoms with van der Waals surface area (Å²) in [6, 6.07) is 11.6. The van der Waals surface area contributed by atoms with Crippen LogP contribution in [-0.2, 0) is 14.4 Å². The molecule has 0 aliphatic carbocycles. The molecule has 0 saturated carbocycles. The Bertz CT molecular complexity index is 910. The van der Waals surface area contributed by atoms with E-state index in [9.17, 15) is 14.4 Å². The number of ether oxygens (including phenoxy) is 1. The average Bonchev–Trinajstić information content (AvgIpc) is 2.89. The molecule has 3 rings (SSSR count). The second-order valence-electron chi connectivity index (χ2n) is 6.35. The van der Waals surface area contributed by atoms with Crippen molar-refractivity contribution < 1.29 is 19.1 Å². The van der Waals surface area contributed by atoms with Crippen LogP contribution in [0.1, 0.15) is 18.9 Å². The van der Waals surface area contributed by atoms with Crippen LogP contribution in [0.3, 0.4) is 0 Å². The Kier molecular flexibility index (Phi) is 5.12. The molecular formula is C20H21N3O4. The van der Waals surface area contributed by atoms with Gasteiger partial charge in [0.1, 0.15) is 11.8 Å². The zero-order valence-corrected chi connectivity index (χ0v) is 15.4. The Hall–Kier alpha value is -3.35. The van der Waals surface area contributed by atoms with Crippen LogP contribution in [0.5, 0.6) is 5.75 Å². The number of rotatable bonds is 5. The van der Waals surface area contributed by atoms with Crippen LogP contribution in [0.25, 0.3) is 0 Å². The summed E-state index contributed by atoms with van der Waals surface area (Å²) in [5.41, 5.74) is 2.54. The van der Waals surface area contributed by atoms with Crippen molar-refractivity contribution in [1.82, 2.24) is 0 Å². The van der Waals surface area contributed by atoms with E-state index in [1.54, 1.807) is 30.3 Å². The monoisotopic (exact) mass is 367 g/mol. The van der Waals surface area contributed by atoms with Crippen molar-refractivity contribution >= 4 is 34.8 Å². The molecule has 0 bridgehead atoms. The van der Waals surface area contributed by atoms with Gasteiger partial charge in [0.25, 0.3) is 5.91 Å². The first-order valence-electron chi connectivity index (χ1n) is 8.55. The van der Waals surface area contributed by atoms with Crippen molar-refractivity contribution in [2.24, 2.45) is 0 Å². The van der Waals surface area contributed by atoms with Crippen molar-refractivity contribution in [3.05, 3.63) is 48.0 Å². The lowest BCUT2D eigenvalue weighted by Gasteiger charge is -2.19. The molecule has 0 radical (unpaired) electrons. The van der Waals surface area contributed by atoms with Gasteiger partial charge in [0, 0.05) is 12.6 Å². The number of nitrogens with zero attached hydrogens (tertiary/aromatic N) is 1. The van der Waals surface area contributed by atoms with Crippen molar-refractivity contribution in [2.45, 2.75) is 26.3 Å². The minimum Gasteiger partial charge on any atom is -0.495 e. The largest absolute Gasteiger partial charge is 0.495 e. The first kappa shape index (κ1) is 18.4. The van der Waals surface area contributed by atoms with E-state index < -0.39 is 6.04 Å². The number of hydrogen-bond acceptors (Lipinski definition) is 5. The van der Waals surface area contributed by atoms with Crippen LogP contribution < -0.4 is 20.3 Å². The zero-order valence-electron chi connectivity index (χ0n) is 15.4. The fraction of sp³-hybridized carbons (Fsp3) is 0.250. The number of nitrogens with one attached hydrogen (secondary N) is 2. The lowest BCUT2D eigenvalue weighted by atomic mass is 10.2. The summed E-state index contributed by atoms with van der Waals surface area (Å²) in [7, 11) is 1.51. The second-order valence-corrected chi connectivity index (χ2v) is 6.35. The van der Waals surface area contributed by atoms with Crippen molar-refractivity contribution in [3.63, 3.8) is 0 Å². The lowest BCUT2D eigenvalue weighted by Crippen LogP contribution is -2.35. The number of carbonyl (C=O) groups excluding carboxylic acids is 3. The third-order valence-electron chi connectivity index (χ3n) is 4.35. The van der Waals surface area contributed by atoms with Crippen LogP contribution in [0.4, 0.5) is 17.1 Å². The summed E-state index contributed by atoms with van der Waals surface area (Å²) >= 11 is 0. The number of hydrogen-bond donors (Lipinski definition) is 2. The van der Waals surface area contributed by atoms with Crippen LogP contribution in [0.2, 0.25) is 0 Å². The van der Waals surface area contributed by atoms with E-state index in [1.807, 2.05) is 19.1 Å².